The monoisotopic (exact) mass is 226 g/mol. The van der Waals surface area contributed by atoms with Crippen LogP contribution in [-0.2, 0) is 4.79 Å². The van der Waals surface area contributed by atoms with E-state index in [-0.39, 0.29) is 13.0 Å². The summed E-state index contributed by atoms with van der Waals surface area (Å²) in [4.78, 5) is 10.3. The molecule has 0 fully saturated rings. The van der Waals surface area contributed by atoms with Crippen LogP contribution < -0.4 is 0 Å². The van der Waals surface area contributed by atoms with Crippen molar-refractivity contribution in [1.82, 2.24) is 0 Å². The van der Waals surface area contributed by atoms with Gasteiger partial charge in [-0.15, -0.1) is 0 Å². The number of aliphatic hydroxyl groups is 1. The zero-order valence-corrected chi connectivity index (χ0v) is 9.93. The van der Waals surface area contributed by atoms with Gasteiger partial charge in [-0.2, -0.15) is 0 Å². The fourth-order valence-corrected chi connectivity index (χ4v) is 1.28. The highest BCUT2D eigenvalue weighted by atomic mass is 16.4. The number of carbonyl (C=O) groups is 1. The van der Waals surface area contributed by atoms with Crippen LogP contribution >= 0.6 is 0 Å². The van der Waals surface area contributed by atoms with Crippen molar-refractivity contribution in [3.63, 3.8) is 0 Å². The Balaban J connectivity index is 3.47. The molecule has 0 aromatic carbocycles. The summed E-state index contributed by atoms with van der Waals surface area (Å²) < 4.78 is 0. The minimum absolute atomic E-state index is 0.201. The Morgan fingerprint density at radius 1 is 1.25 bits per heavy atom. The molecule has 0 aromatic heterocycles. The lowest BCUT2D eigenvalue weighted by atomic mass is 10.0. The van der Waals surface area contributed by atoms with Gasteiger partial charge in [-0.05, 0) is 31.6 Å². The highest BCUT2D eigenvalue weighted by Gasteiger charge is 2.02. The molecule has 0 saturated carbocycles. The molecule has 0 spiro atoms. The third-order valence-corrected chi connectivity index (χ3v) is 2.29. The standard InChI is InChI=1S/C13H22O3/c1-12(9-10-13(15)16)8-6-4-2-3-5-7-11-14/h3-6,12,14H,2,7-11H2,1H3,(H,15,16). The van der Waals surface area contributed by atoms with Gasteiger partial charge in [0.2, 0.25) is 0 Å². The van der Waals surface area contributed by atoms with Crippen LogP contribution in [-0.4, -0.2) is 22.8 Å². The number of hydrogen-bond donors (Lipinski definition) is 2. The Labute approximate surface area is 97.5 Å². The van der Waals surface area contributed by atoms with Crippen LogP contribution in [0.5, 0.6) is 0 Å². The molecule has 0 amide bonds. The first-order valence-corrected chi connectivity index (χ1v) is 5.79. The number of carboxylic acids is 1. The van der Waals surface area contributed by atoms with Crippen LogP contribution in [0.4, 0.5) is 0 Å². The Morgan fingerprint density at radius 3 is 2.56 bits per heavy atom. The van der Waals surface area contributed by atoms with Crippen LogP contribution in [0.25, 0.3) is 0 Å². The molecule has 3 heteroatoms. The maximum atomic E-state index is 10.3. The minimum atomic E-state index is -0.720. The molecule has 0 bridgehead atoms. The van der Waals surface area contributed by atoms with Crippen molar-refractivity contribution in [2.24, 2.45) is 5.92 Å². The summed E-state index contributed by atoms with van der Waals surface area (Å²) in [5, 5.41) is 17.0. The maximum absolute atomic E-state index is 10.3. The van der Waals surface area contributed by atoms with E-state index in [0.717, 1.165) is 19.3 Å². The third-order valence-electron chi connectivity index (χ3n) is 2.29. The molecule has 0 aliphatic rings. The number of aliphatic hydroxyl groups excluding tert-OH is 1. The first-order valence-electron chi connectivity index (χ1n) is 5.79. The van der Waals surface area contributed by atoms with E-state index in [2.05, 4.69) is 19.1 Å². The van der Waals surface area contributed by atoms with Gasteiger partial charge in [0.1, 0.15) is 0 Å². The SMILES string of the molecule is CC(CC=CCC=CCCO)CCC(=O)O. The van der Waals surface area contributed by atoms with Crippen molar-refractivity contribution in [3.8, 4) is 0 Å². The first-order chi connectivity index (χ1) is 7.66. The quantitative estimate of drug-likeness (QED) is 0.594. The lowest BCUT2D eigenvalue weighted by molar-refractivity contribution is -0.137. The van der Waals surface area contributed by atoms with Gasteiger partial charge in [0, 0.05) is 13.0 Å². The minimum Gasteiger partial charge on any atom is -0.481 e. The van der Waals surface area contributed by atoms with Gasteiger partial charge in [-0.25, -0.2) is 0 Å². The summed E-state index contributed by atoms with van der Waals surface area (Å²) in [6.45, 7) is 2.27. The molecular formula is C13H22O3. The molecule has 0 rings (SSSR count). The fourth-order valence-electron chi connectivity index (χ4n) is 1.28. The molecule has 1 unspecified atom stereocenters. The zero-order chi connectivity index (χ0) is 12.2. The molecule has 3 nitrogen and oxygen atoms in total. The Hall–Kier alpha value is -1.09. The lowest BCUT2D eigenvalue weighted by Gasteiger charge is -2.05. The Kier molecular flexibility index (Phi) is 9.72. The number of aliphatic carboxylic acids is 1. The second-order valence-electron chi connectivity index (χ2n) is 3.96. The van der Waals surface area contributed by atoms with Crippen molar-refractivity contribution in [3.05, 3.63) is 24.3 Å². The topological polar surface area (TPSA) is 57.5 Å². The smallest absolute Gasteiger partial charge is 0.303 e. The molecule has 0 aliphatic heterocycles. The predicted molar refractivity (Wildman–Crippen MR) is 65.3 cm³/mol. The summed E-state index contributed by atoms with van der Waals surface area (Å²) in [5.41, 5.74) is 0. The molecule has 16 heavy (non-hydrogen) atoms. The summed E-state index contributed by atoms with van der Waals surface area (Å²) in [6, 6.07) is 0. The summed E-state index contributed by atoms with van der Waals surface area (Å²) in [6.07, 6.45) is 11.7. The molecule has 1 atom stereocenters. The van der Waals surface area contributed by atoms with Crippen molar-refractivity contribution in [2.75, 3.05) is 6.61 Å². The van der Waals surface area contributed by atoms with Crippen molar-refractivity contribution >= 4 is 5.97 Å². The molecule has 0 saturated heterocycles. The zero-order valence-electron chi connectivity index (χ0n) is 9.93. The fraction of sp³-hybridized carbons (Fsp3) is 0.615. The highest BCUT2D eigenvalue weighted by molar-refractivity contribution is 5.66. The number of carboxylic acid groups (broad SMARTS) is 1. The van der Waals surface area contributed by atoms with E-state index < -0.39 is 5.97 Å². The van der Waals surface area contributed by atoms with E-state index in [0.29, 0.717) is 12.3 Å². The molecule has 0 aliphatic carbocycles. The highest BCUT2D eigenvalue weighted by Crippen LogP contribution is 2.10. The molecular weight excluding hydrogens is 204 g/mol. The molecule has 2 N–H and O–H groups in total. The van der Waals surface area contributed by atoms with Gasteiger partial charge in [0.15, 0.2) is 0 Å². The van der Waals surface area contributed by atoms with Crippen LogP contribution in [0.3, 0.4) is 0 Å². The van der Waals surface area contributed by atoms with Crippen molar-refractivity contribution in [2.45, 2.75) is 39.0 Å². The third kappa shape index (κ3) is 11.0. The summed E-state index contributed by atoms with van der Waals surface area (Å²) in [7, 11) is 0. The second kappa shape index (κ2) is 10.4. The Bertz CT molecular complexity index is 231. The normalized spacial score (nSPS) is 13.6. The van der Waals surface area contributed by atoms with Crippen LogP contribution in [0, 0.1) is 5.92 Å². The molecule has 0 radical (unpaired) electrons. The van der Waals surface area contributed by atoms with E-state index in [1.807, 2.05) is 12.2 Å². The first kappa shape index (κ1) is 14.9. The van der Waals surface area contributed by atoms with Crippen molar-refractivity contribution in [1.29, 1.82) is 0 Å². The molecule has 92 valence electrons. The predicted octanol–water partition coefficient (Wildman–Crippen LogP) is 2.76. The number of rotatable bonds is 9. The van der Waals surface area contributed by atoms with Crippen molar-refractivity contribution < 1.29 is 15.0 Å². The molecule has 0 heterocycles. The Morgan fingerprint density at radius 2 is 1.94 bits per heavy atom. The maximum Gasteiger partial charge on any atom is 0.303 e. The van der Waals surface area contributed by atoms with Crippen LogP contribution in [0.1, 0.15) is 39.0 Å². The van der Waals surface area contributed by atoms with Gasteiger partial charge in [0.05, 0.1) is 0 Å². The average molecular weight is 226 g/mol. The van der Waals surface area contributed by atoms with E-state index in [9.17, 15) is 4.79 Å². The van der Waals surface area contributed by atoms with E-state index in [4.69, 9.17) is 10.2 Å². The molecule has 0 aromatic rings. The van der Waals surface area contributed by atoms with Gasteiger partial charge in [-0.1, -0.05) is 31.2 Å². The van der Waals surface area contributed by atoms with Crippen LogP contribution in [0.2, 0.25) is 0 Å². The van der Waals surface area contributed by atoms with Crippen LogP contribution in [0.15, 0.2) is 24.3 Å². The number of hydrogen-bond acceptors (Lipinski definition) is 2. The lowest BCUT2D eigenvalue weighted by Crippen LogP contribution is -1.99. The van der Waals surface area contributed by atoms with Gasteiger partial charge < -0.3 is 10.2 Å². The second-order valence-corrected chi connectivity index (χ2v) is 3.96. The van der Waals surface area contributed by atoms with E-state index in [1.54, 1.807) is 0 Å². The average Bonchev–Trinajstić information content (AvgIpc) is 2.25. The van der Waals surface area contributed by atoms with Gasteiger partial charge in [0.25, 0.3) is 0 Å². The van der Waals surface area contributed by atoms with E-state index in [1.165, 1.54) is 0 Å². The van der Waals surface area contributed by atoms with Gasteiger partial charge >= 0.3 is 5.97 Å². The number of allylic oxidation sites excluding steroid dienone is 3. The summed E-state index contributed by atoms with van der Waals surface area (Å²) in [5.74, 6) is -0.295. The largest absolute Gasteiger partial charge is 0.481 e. The van der Waals surface area contributed by atoms with Gasteiger partial charge in [-0.3, -0.25) is 4.79 Å². The van der Waals surface area contributed by atoms with E-state index >= 15 is 0 Å². The summed E-state index contributed by atoms with van der Waals surface area (Å²) >= 11 is 0.